The average Bonchev–Trinajstić information content (AvgIpc) is 2.86. The number of sulfone groups is 1. The molecule has 0 aliphatic rings. The van der Waals surface area contributed by atoms with Gasteiger partial charge < -0.3 is 5.32 Å². The lowest BCUT2D eigenvalue weighted by atomic mass is 10.3. The number of carbonyl (C=O) groups is 1. The van der Waals surface area contributed by atoms with E-state index in [9.17, 15) is 13.2 Å². The number of carbonyl (C=O) groups excluding carboxylic acids is 1. The SMILES string of the molecule is CCS(=O)(=O)c1ccccc1NC(=O)c1csc(I)c1. The number of hydrogen-bond acceptors (Lipinski definition) is 4. The number of para-hydroxylation sites is 1. The Morgan fingerprint density at radius 3 is 2.65 bits per heavy atom. The third-order valence-electron chi connectivity index (χ3n) is 2.68. The Labute approximate surface area is 135 Å². The van der Waals surface area contributed by atoms with E-state index in [4.69, 9.17) is 0 Å². The Balaban J connectivity index is 2.33. The number of halogens is 1. The molecule has 0 radical (unpaired) electrons. The van der Waals surface area contributed by atoms with E-state index in [0.717, 1.165) is 2.88 Å². The van der Waals surface area contributed by atoms with Crippen LogP contribution in [0.25, 0.3) is 0 Å². The van der Waals surface area contributed by atoms with Gasteiger partial charge in [-0.1, -0.05) is 19.1 Å². The minimum absolute atomic E-state index is 0.00374. The monoisotopic (exact) mass is 421 g/mol. The summed E-state index contributed by atoms with van der Waals surface area (Å²) in [7, 11) is -3.37. The zero-order valence-corrected chi connectivity index (χ0v) is 14.4. The first-order valence-corrected chi connectivity index (χ1v) is 9.42. The van der Waals surface area contributed by atoms with E-state index in [0.29, 0.717) is 11.3 Å². The highest BCUT2D eigenvalue weighted by atomic mass is 127. The van der Waals surface area contributed by atoms with Gasteiger partial charge in [-0.2, -0.15) is 0 Å². The van der Waals surface area contributed by atoms with Gasteiger partial charge in [0, 0.05) is 5.38 Å². The summed E-state index contributed by atoms with van der Waals surface area (Å²) in [6.45, 7) is 1.58. The molecule has 0 saturated heterocycles. The van der Waals surface area contributed by atoms with E-state index >= 15 is 0 Å². The van der Waals surface area contributed by atoms with Crippen LogP contribution in [-0.2, 0) is 9.84 Å². The molecular weight excluding hydrogens is 409 g/mol. The van der Waals surface area contributed by atoms with Gasteiger partial charge in [-0.15, -0.1) is 11.3 Å². The molecule has 1 amide bonds. The lowest BCUT2D eigenvalue weighted by Gasteiger charge is -2.10. The summed E-state index contributed by atoms with van der Waals surface area (Å²) in [5, 5.41) is 4.41. The molecule has 0 aliphatic carbocycles. The summed E-state index contributed by atoms with van der Waals surface area (Å²) in [6, 6.07) is 8.20. The Kier molecular flexibility index (Phi) is 4.82. The molecule has 106 valence electrons. The van der Waals surface area contributed by atoms with Gasteiger partial charge in [0.2, 0.25) is 0 Å². The molecule has 1 heterocycles. The number of thiophene rings is 1. The second-order valence-electron chi connectivity index (χ2n) is 3.99. The number of hydrogen-bond donors (Lipinski definition) is 1. The second kappa shape index (κ2) is 6.23. The maximum atomic E-state index is 12.1. The molecule has 2 aromatic rings. The van der Waals surface area contributed by atoms with Crippen molar-refractivity contribution in [3.8, 4) is 0 Å². The van der Waals surface area contributed by atoms with Crippen molar-refractivity contribution in [1.82, 2.24) is 0 Å². The highest BCUT2D eigenvalue weighted by molar-refractivity contribution is 14.1. The molecule has 4 nitrogen and oxygen atoms in total. The molecule has 0 unspecified atom stereocenters. The van der Waals surface area contributed by atoms with E-state index < -0.39 is 9.84 Å². The number of anilines is 1. The topological polar surface area (TPSA) is 63.2 Å². The van der Waals surface area contributed by atoms with Gasteiger partial charge in [-0.05, 0) is 40.8 Å². The first-order chi connectivity index (χ1) is 9.44. The van der Waals surface area contributed by atoms with Crippen LogP contribution in [0.2, 0.25) is 0 Å². The predicted octanol–water partition coefficient (Wildman–Crippen LogP) is 3.40. The van der Waals surface area contributed by atoms with Crippen LogP contribution in [0.1, 0.15) is 17.3 Å². The predicted molar refractivity (Wildman–Crippen MR) is 89.2 cm³/mol. The summed E-state index contributed by atoms with van der Waals surface area (Å²) < 4.78 is 25.0. The van der Waals surface area contributed by atoms with Crippen LogP contribution in [0.15, 0.2) is 40.6 Å². The summed E-state index contributed by atoms with van der Waals surface area (Å²) in [5.41, 5.74) is 0.851. The normalized spacial score (nSPS) is 11.3. The quantitative estimate of drug-likeness (QED) is 0.770. The lowest BCUT2D eigenvalue weighted by molar-refractivity contribution is 0.102. The number of rotatable bonds is 4. The summed E-state index contributed by atoms with van der Waals surface area (Å²) in [5.74, 6) is -0.307. The second-order valence-corrected chi connectivity index (χ2v) is 9.05. The molecule has 0 aliphatic heterocycles. The van der Waals surface area contributed by atoms with Crippen LogP contribution in [0, 0.1) is 2.88 Å². The standard InChI is InChI=1S/C13H12INO3S2/c1-2-20(17,18)11-6-4-3-5-10(11)15-13(16)9-7-12(14)19-8-9/h3-8H,2H2,1H3,(H,15,16). The van der Waals surface area contributed by atoms with E-state index in [2.05, 4.69) is 27.9 Å². The number of amides is 1. The van der Waals surface area contributed by atoms with Crippen molar-refractivity contribution in [3.63, 3.8) is 0 Å². The zero-order chi connectivity index (χ0) is 14.8. The van der Waals surface area contributed by atoms with Gasteiger partial charge in [0.1, 0.15) is 0 Å². The van der Waals surface area contributed by atoms with Crippen LogP contribution < -0.4 is 5.32 Å². The van der Waals surface area contributed by atoms with Crippen LogP contribution in [0.3, 0.4) is 0 Å². The molecular formula is C13H12INO3S2. The molecule has 7 heteroatoms. The molecule has 20 heavy (non-hydrogen) atoms. The molecule has 1 aromatic carbocycles. The van der Waals surface area contributed by atoms with E-state index in [-0.39, 0.29) is 16.6 Å². The Morgan fingerprint density at radius 2 is 2.05 bits per heavy atom. The fourth-order valence-corrected chi connectivity index (χ4v) is 4.00. The summed E-state index contributed by atoms with van der Waals surface area (Å²) in [4.78, 5) is 12.2. The van der Waals surface area contributed by atoms with Gasteiger partial charge >= 0.3 is 0 Å². The molecule has 1 aromatic heterocycles. The van der Waals surface area contributed by atoms with Crippen LogP contribution >= 0.6 is 33.9 Å². The van der Waals surface area contributed by atoms with Gasteiger partial charge in [0.25, 0.3) is 5.91 Å². The Hall–Kier alpha value is -0.930. The van der Waals surface area contributed by atoms with Crippen molar-refractivity contribution in [3.05, 3.63) is 44.2 Å². The Bertz CT molecular complexity index is 738. The first-order valence-electron chi connectivity index (χ1n) is 5.81. The molecule has 0 spiro atoms. The van der Waals surface area contributed by atoms with E-state index in [1.165, 1.54) is 17.4 Å². The highest BCUT2D eigenvalue weighted by Gasteiger charge is 2.18. The van der Waals surface area contributed by atoms with Crippen molar-refractivity contribution in [2.24, 2.45) is 0 Å². The minimum atomic E-state index is -3.37. The summed E-state index contributed by atoms with van der Waals surface area (Å²) >= 11 is 3.60. The van der Waals surface area contributed by atoms with Gasteiger partial charge in [-0.3, -0.25) is 4.79 Å². The number of benzene rings is 1. The van der Waals surface area contributed by atoms with Crippen LogP contribution in [0.4, 0.5) is 5.69 Å². The highest BCUT2D eigenvalue weighted by Crippen LogP contribution is 2.24. The third-order valence-corrected chi connectivity index (χ3v) is 6.26. The molecule has 2 rings (SSSR count). The van der Waals surface area contributed by atoms with E-state index in [1.807, 2.05) is 0 Å². The van der Waals surface area contributed by atoms with Crippen molar-refractivity contribution < 1.29 is 13.2 Å². The molecule has 1 N–H and O–H groups in total. The van der Waals surface area contributed by atoms with Crippen LogP contribution in [0.5, 0.6) is 0 Å². The average molecular weight is 421 g/mol. The van der Waals surface area contributed by atoms with Crippen molar-refractivity contribution in [2.45, 2.75) is 11.8 Å². The molecule has 0 saturated carbocycles. The largest absolute Gasteiger partial charge is 0.321 e. The maximum absolute atomic E-state index is 12.1. The summed E-state index contributed by atoms with van der Waals surface area (Å²) in [6.07, 6.45) is 0. The van der Waals surface area contributed by atoms with Gasteiger partial charge in [0.15, 0.2) is 9.84 Å². The first kappa shape index (κ1) is 15.5. The fraction of sp³-hybridized carbons (Fsp3) is 0.154. The van der Waals surface area contributed by atoms with E-state index in [1.54, 1.807) is 36.6 Å². The van der Waals surface area contributed by atoms with Crippen molar-refractivity contribution in [2.75, 3.05) is 11.1 Å². The minimum Gasteiger partial charge on any atom is -0.321 e. The van der Waals surface area contributed by atoms with Crippen molar-refractivity contribution >= 4 is 55.4 Å². The maximum Gasteiger partial charge on any atom is 0.256 e. The Morgan fingerprint density at radius 1 is 1.35 bits per heavy atom. The molecule has 0 bridgehead atoms. The van der Waals surface area contributed by atoms with Gasteiger partial charge in [0.05, 0.1) is 24.8 Å². The van der Waals surface area contributed by atoms with Crippen LogP contribution in [-0.4, -0.2) is 20.1 Å². The lowest BCUT2D eigenvalue weighted by Crippen LogP contribution is -2.15. The fourth-order valence-electron chi connectivity index (χ4n) is 1.62. The number of nitrogens with one attached hydrogen (secondary N) is 1. The zero-order valence-electron chi connectivity index (χ0n) is 10.6. The van der Waals surface area contributed by atoms with Crippen molar-refractivity contribution in [1.29, 1.82) is 0 Å². The van der Waals surface area contributed by atoms with Gasteiger partial charge in [-0.25, -0.2) is 8.42 Å². The third kappa shape index (κ3) is 3.39. The molecule has 0 fully saturated rings. The molecule has 0 atom stereocenters. The smallest absolute Gasteiger partial charge is 0.256 e.